The van der Waals surface area contributed by atoms with Gasteiger partial charge >= 0.3 is 0 Å². The minimum Gasteiger partial charge on any atom is -0.313 e. The molecule has 98 valence electrons. The SMILES string of the molecule is CCCCCC(CSCC(C)C)NCCC. The van der Waals surface area contributed by atoms with Crippen LogP contribution in [-0.2, 0) is 0 Å². The van der Waals surface area contributed by atoms with Gasteiger partial charge in [-0.3, -0.25) is 0 Å². The molecule has 0 saturated heterocycles. The van der Waals surface area contributed by atoms with Gasteiger partial charge in [-0.15, -0.1) is 0 Å². The van der Waals surface area contributed by atoms with Gasteiger partial charge in [0.05, 0.1) is 0 Å². The summed E-state index contributed by atoms with van der Waals surface area (Å²) >= 11 is 2.12. The summed E-state index contributed by atoms with van der Waals surface area (Å²) < 4.78 is 0. The van der Waals surface area contributed by atoms with Crippen LogP contribution in [0.2, 0.25) is 0 Å². The average Bonchev–Trinajstić information content (AvgIpc) is 2.25. The van der Waals surface area contributed by atoms with Crippen molar-refractivity contribution in [2.24, 2.45) is 5.92 Å². The Morgan fingerprint density at radius 2 is 1.75 bits per heavy atom. The fourth-order valence-electron chi connectivity index (χ4n) is 1.68. The molecule has 1 nitrogen and oxygen atoms in total. The number of thioether (sulfide) groups is 1. The predicted molar refractivity (Wildman–Crippen MR) is 78.4 cm³/mol. The number of hydrogen-bond donors (Lipinski definition) is 1. The summed E-state index contributed by atoms with van der Waals surface area (Å²) in [6.07, 6.45) is 6.72. The summed E-state index contributed by atoms with van der Waals surface area (Å²) in [7, 11) is 0. The van der Waals surface area contributed by atoms with E-state index in [4.69, 9.17) is 0 Å². The molecule has 0 spiro atoms. The first-order chi connectivity index (χ1) is 7.70. The monoisotopic (exact) mass is 245 g/mol. The van der Waals surface area contributed by atoms with Crippen molar-refractivity contribution in [1.82, 2.24) is 5.32 Å². The average molecular weight is 245 g/mol. The first-order valence-corrected chi connectivity index (χ1v) is 8.17. The third-order valence-corrected chi connectivity index (χ3v) is 4.15. The number of rotatable bonds is 11. The molecule has 0 aliphatic heterocycles. The van der Waals surface area contributed by atoms with Crippen molar-refractivity contribution in [3.63, 3.8) is 0 Å². The molecule has 0 amide bonds. The largest absolute Gasteiger partial charge is 0.313 e. The molecule has 1 N–H and O–H groups in total. The Labute approximate surface area is 107 Å². The molecule has 0 aromatic carbocycles. The molecule has 0 fully saturated rings. The quantitative estimate of drug-likeness (QED) is 0.544. The third kappa shape index (κ3) is 10.8. The Bertz CT molecular complexity index is 137. The number of hydrogen-bond acceptors (Lipinski definition) is 2. The van der Waals surface area contributed by atoms with Crippen LogP contribution in [0, 0.1) is 5.92 Å². The Kier molecular flexibility index (Phi) is 12.0. The van der Waals surface area contributed by atoms with Crippen molar-refractivity contribution in [1.29, 1.82) is 0 Å². The lowest BCUT2D eigenvalue weighted by Gasteiger charge is -2.18. The van der Waals surface area contributed by atoms with Crippen molar-refractivity contribution in [3.05, 3.63) is 0 Å². The molecule has 0 bridgehead atoms. The Morgan fingerprint density at radius 3 is 2.31 bits per heavy atom. The van der Waals surface area contributed by atoms with E-state index in [1.54, 1.807) is 0 Å². The summed E-state index contributed by atoms with van der Waals surface area (Å²) in [5.41, 5.74) is 0. The molecule has 2 heteroatoms. The highest BCUT2D eigenvalue weighted by Crippen LogP contribution is 2.13. The van der Waals surface area contributed by atoms with Gasteiger partial charge in [0, 0.05) is 11.8 Å². The van der Waals surface area contributed by atoms with E-state index < -0.39 is 0 Å². The van der Waals surface area contributed by atoms with E-state index in [0.717, 1.165) is 12.0 Å². The van der Waals surface area contributed by atoms with E-state index in [1.807, 2.05) is 0 Å². The Balaban J connectivity index is 3.62. The van der Waals surface area contributed by atoms with E-state index in [2.05, 4.69) is 44.8 Å². The third-order valence-electron chi connectivity index (χ3n) is 2.61. The molecule has 16 heavy (non-hydrogen) atoms. The molecule has 0 saturated carbocycles. The fourth-order valence-corrected chi connectivity index (χ4v) is 2.86. The minimum absolute atomic E-state index is 0.746. The summed E-state index contributed by atoms with van der Waals surface area (Å²) in [5.74, 6) is 3.42. The maximum Gasteiger partial charge on any atom is 0.0158 e. The standard InChI is InChI=1S/C14H31NS/c1-5-7-8-9-14(15-10-6-2)12-16-11-13(3)4/h13-15H,5-12H2,1-4H3. The summed E-state index contributed by atoms with van der Waals surface area (Å²) in [4.78, 5) is 0. The van der Waals surface area contributed by atoms with E-state index in [-0.39, 0.29) is 0 Å². The van der Waals surface area contributed by atoms with Crippen LogP contribution in [0.15, 0.2) is 0 Å². The molecule has 1 unspecified atom stereocenters. The van der Waals surface area contributed by atoms with Crippen molar-refractivity contribution in [3.8, 4) is 0 Å². The summed E-state index contributed by atoms with van der Waals surface area (Å²) in [5, 5.41) is 3.68. The van der Waals surface area contributed by atoms with E-state index in [0.29, 0.717) is 0 Å². The molecule has 0 aromatic rings. The highest BCUT2D eigenvalue weighted by Gasteiger charge is 2.07. The topological polar surface area (TPSA) is 12.0 Å². The van der Waals surface area contributed by atoms with Crippen molar-refractivity contribution >= 4 is 11.8 Å². The summed E-state index contributed by atoms with van der Waals surface area (Å²) in [6.45, 7) is 10.3. The zero-order valence-electron chi connectivity index (χ0n) is 11.7. The van der Waals surface area contributed by atoms with Gasteiger partial charge in [0.15, 0.2) is 0 Å². The fraction of sp³-hybridized carbons (Fsp3) is 1.00. The van der Waals surface area contributed by atoms with Crippen LogP contribution < -0.4 is 5.32 Å². The molecule has 0 heterocycles. The van der Waals surface area contributed by atoms with Gasteiger partial charge in [0.1, 0.15) is 0 Å². The molecular weight excluding hydrogens is 214 g/mol. The molecule has 0 aromatic heterocycles. The second kappa shape index (κ2) is 11.8. The van der Waals surface area contributed by atoms with Crippen LogP contribution in [0.25, 0.3) is 0 Å². The lowest BCUT2D eigenvalue weighted by molar-refractivity contribution is 0.493. The van der Waals surface area contributed by atoms with Gasteiger partial charge in [-0.05, 0) is 31.1 Å². The molecule has 0 radical (unpaired) electrons. The zero-order chi connectivity index (χ0) is 12.2. The molecular formula is C14H31NS. The highest BCUT2D eigenvalue weighted by atomic mass is 32.2. The van der Waals surface area contributed by atoms with E-state index in [9.17, 15) is 0 Å². The van der Waals surface area contributed by atoms with E-state index >= 15 is 0 Å². The molecule has 0 rings (SSSR count). The smallest absolute Gasteiger partial charge is 0.0158 e. The van der Waals surface area contributed by atoms with Crippen molar-refractivity contribution < 1.29 is 0 Å². The number of unbranched alkanes of at least 4 members (excludes halogenated alkanes) is 2. The molecule has 0 aliphatic carbocycles. The van der Waals surface area contributed by atoms with Crippen LogP contribution >= 0.6 is 11.8 Å². The Morgan fingerprint density at radius 1 is 1.00 bits per heavy atom. The minimum atomic E-state index is 0.746. The lowest BCUT2D eigenvalue weighted by atomic mass is 10.1. The van der Waals surface area contributed by atoms with E-state index in [1.165, 1.54) is 50.2 Å². The van der Waals surface area contributed by atoms with Crippen molar-refractivity contribution in [2.45, 2.75) is 65.8 Å². The highest BCUT2D eigenvalue weighted by molar-refractivity contribution is 7.99. The summed E-state index contributed by atoms with van der Waals surface area (Å²) in [6, 6.07) is 0.746. The second-order valence-corrected chi connectivity index (χ2v) is 6.15. The van der Waals surface area contributed by atoms with Gasteiger partial charge in [-0.1, -0.05) is 47.0 Å². The first-order valence-electron chi connectivity index (χ1n) is 7.01. The van der Waals surface area contributed by atoms with Crippen LogP contribution in [0.3, 0.4) is 0 Å². The van der Waals surface area contributed by atoms with Gasteiger partial charge in [0.2, 0.25) is 0 Å². The normalized spacial score (nSPS) is 13.3. The van der Waals surface area contributed by atoms with Crippen molar-refractivity contribution in [2.75, 3.05) is 18.1 Å². The molecule has 1 atom stereocenters. The zero-order valence-corrected chi connectivity index (χ0v) is 12.5. The maximum atomic E-state index is 3.68. The predicted octanol–water partition coefficient (Wildman–Crippen LogP) is 4.32. The maximum absolute atomic E-state index is 3.68. The Hall–Kier alpha value is 0.310. The first kappa shape index (κ1) is 16.3. The van der Waals surface area contributed by atoms with Crippen LogP contribution in [-0.4, -0.2) is 24.1 Å². The van der Waals surface area contributed by atoms with Gasteiger partial charge in [0.25, 0.3) is 0 Å². The second-order valence-electron chi connectivity index (χ2n) is 5.08. The molecule has 0 aliphatic rings. The number of nitrogens with one attached hydrogen (secondary N) is 1. The van der Waals surface area contributed by atoms with Crippen LogP contribution in [0.4, 0.5) is 0 Å². The van der Waals surface area contributed by atoms with Crippen LogP contribution in [0.1, 0.15) is 59.8 Å². The van der Waals surface area contributed by atoms with Gasteiger partial charge in [-0.2, -0.15) is 11.8 Å². The van der Waals surface area contributed by atoms with Gasteiger partial charge < -0.3 is 5.32 Å². The lowest BCUT2D eigenvalue weighted by Crippen LogP contribution is -2.32. The van der Waals surface area contributed by atoms with Crippen LogP contribution in [0.5, 0.6) is 0 Å². The van der Waals surface area contributed by atoms with Gasteiger partial charge in [-0.25, -0.2) is 0 Å².